The minimum absolute atomic E-state index is 0.0129. The Morgan fingerprint density at radius 3 is 2.30 bits per heavy atom. The van der Waals surface area contributed by atoms with E-state index in [4.69, 9.17) is 14.2 Å². The molecule has 1 aromatic carbocycles. The Labute approximate surface area is 187 Å². The lowest BCUT2D eigenvalue weighted by atomic mass is 9.78. The van der Waals surface area contributed by atoms with Gasteiger partial charge in [-0.3, -0.25) is 4.79 Å². The SMILES string of the molecule is CCOC(=O)C1=C(COC(C)=O)NC(C)=C(C(=O)OC)C1c1cccc(F)c1CC(F)(F)F. The predicted molar refractivity (Wildman–Crippen MR) is 107 cm³/mol. The summed E-state index contributed by atoms with van der Waals surface area (Å²) in [6.07, 6.45) is -6.41. The summed E-state index contributed by atoms with van der Waals surface area (Å²) in [4.78, 5) is 36.9. The molecule has 1 aromatic rings. The molecular formula is C22H23F4NO6. The second-order valence-corrected chi connectivity index (χ2v) is 7.08. The van der Waals surface area contributed by atoms with Crippen LogP contribution in [0.5, 0.6) is 0 Å². The summed E-state index contributed by atoms with van der Waals surface area (Å²) < 4.78 is 69.3. The van der Waals surface area contributed by atoms with Crippen LogP contribution < -0.4 is 5.32 Å². The molecule has 1 atom stereocenters. The molecule has 0 amide bonds. The molecule has 0 fully saturated rings. The summed E-state index contributed by atoms with van der Waals surface area (Å²) in [5.74, 6) is -5.24. The number of esters is 3. The Morgan fingerprint density at radius 1 is 1.09 bits per heavy atom. The molecule has 1 aliphatic rings. The molecule has 0 aromatic heterocycles. The zero-order chi connectivity index (χ0) is 24.9. The van der Waals surface area contributed by atoms with E-state index in [1.54, 1.807) is 0 Å². The summed E-state index contributed by atoms with van der Waals surface area (Å²) in [6.45, 7) is 3.51. The fourth-order valence-electron chi connectivity index (χ4n) is 3.56. The second kappa shape index (κ2) is 10.5. The average molecular weight is 473 g/mol. The molecule has 0 aliphatic carbocycles. The summed E-state index contributed by atoms with van der Waals surface area (Å²) in [7, 11) is 1.06. The Kier molecular flexibility index (Phi) is 8.23. The number of hydrogen-bond donors (Lipinski definition) is 1. The first kappa shape index (κ1) is 25.9. The Morgan fingerprint density at radius 2 is 1.76 bits per heavy atom. The van der Waals surface area contributed by atoms with Crippen LogP contribution in [0, 0.1) is 5.82 Å². The lowest BCUT2D eigenvalue weighted by Gasteiger charge is -2.32. The van der Waals surface area contributed by atoms with E-state index in [1.165, 1.54) is 26.0 Å². The molecular weight excluding hydrogens is 450 g/mol. The highest BCUT2D eigenvalue weighted by Crippen LogP contribution is 2.42. The van der Waals surface area contributed by atoms with E-state index in [9.17, 15) is 31.9 Å². The molecule has 1 heterocycles. The number of carbonyl (C=O) groups is 3. The van der Waals surface area contributed by atoms with E-state index in [0.29, 0.717) is 0 Å². The maximum absolute atomic E-state index is 14.6. The number of hydrogen-bond acceptors (Lipinski definition) is 7. The van der Waals surface area contributed by atoms with Gasteiger partial charge in [-0.2, -0.15) is 13.2 Å². The van der Waals surface area contributed by atoms with Gasteiger partial charge < -0.3 is 19.5 Å². The van der Waals surface area contributed by atoms with Gasteiger partial charge >= 0.3 is 24.1 Å². The molecule has 0 saturated heterocycles. The van der Waals surface area contributed by atoms with Crippen LogP contribution in [-0.4, -0.2) is 44.4 Å². The number of rotatable bonds is 7. The van der Waals surface area contributed by atoms with E-state index in [0.717, 1.165) is 20.1 Å². The summed E-state index contributed by atoms with van der Waals surface area (Å²) >= 11 is 0. The van der Waals surface area contributed by atoms with Crippen molar-refractivity contribution in [2.45, 2.75) is 39.3 Å². The fourth-order valence-corrected chi connectivity index (χ4v) is 3.56. The topological polar surface area (TPSA) is 90.9 Å². The van der Waals surface area contributed by atoms with Crippen LogP contribution in [0.4, 0.5) is 17.6 Å². The number of carbonyl (C=O) groups excluding carboxylic acids is 3. The standard InChI is InChI=1S/C22H23F4NO6/c1-5-32-21(30)19-16(10-33-12(3)28)27-11(2)17(20(29)31-4)18(19)13-7-6-8-15(23)14(13)9-22(24,25)26/h6-8,18,27H,5,9-10H2,1-4H3. The highest BCUT2D eigenvalue weighted by Gasteiger charge is 2.42. The van der Waals surface area contributed by atoms with Crippen LogP contribution in [0.15, 0.2) is 40.7 Å². The minimum atomic E-state index is -4.78. The van der Waals surface area contributed by atoms with Crippen molar-refractivity contribution in [1.29, 1.82) is 0 Å². The minimum Gasteiger partial charge on any atom is -0.466 e. The molecule has 1 aliphatic heterocycles. The van der Waals surface area contributed by atoms with Crippen molar-refractivity contribution >= 4 is 17.9 Å². The fraction of sp³-hybridized carbons (Fsp3) is 0.409. The van der Waals surface area contributed by atoms with Gasteiger partial charge in [0.2, 0.25) is 0 Å². The van der Waals surface area contributed by atoms with E-state index >= 15 is 0 Å². The van der Waals surface area contributed by atoms with E-state index in [2.05, 4.69) is 5.32 Å². The molecule has 2 rings (SSSR count). The summed E-state index contributed by atoms with van der Waals surface area (Å²) in [5, 5.41) is 2.77. The highest BCUT2D eigenvalue weighted by molar-refractivity contribution is 6.00. The molecule has 7 nitrogen and oxygen atoms in total. The maximum Gasteiger partial charge on any atom is 0.393 e. The molecule has 11 heteroatoms. The maximum atomic E-state index is 14.6. The van der Waals surface area contributed by atoms with Crippen molar-refractivity contribution in [2.24, 2.45) is 0 Å². The third-order valence-electron chi connectivity index (χ3n) is 4.81. The number of alkyl halides is 3. The highest BCUT2D eigenvalue weighted by atomic mass is 19.4. The first-order valence-electron chi connectivity index (χ1n) is 9.84. The molecule has 33 heavy (non-hydrogen) atoms. The number of allylic oxidation sites excluding steroid dienone is 1. The van der Waals surface area contributed by atoms with Crippen molar-refractivity contribution in [3.05, 3.63) is 57.7 Å². The smallest absolute Gasteiger partial charge is 0.393 e. The zero-order valence-electron chi connectivity index (χ0n) is 18.4. The first-order valence-corrected chi connectivity index (χ1v) is 9.84. The van der Waals surface area contributed by atoms with Crippen molar-refractivity contribution in [3.8, 4) is 0 Å². The summed E-state index contributed by atoms with van der Waals surface area (Å²) in [6, 6.07) is 3.22. The number of nitrogens with one attached hydrogen (secondary N) is 1. The number of methoxy groups -OCH3 is 1. The predicted octanol–water partition coefficient (Wildman–Crippen LogP) is 3.44. The molecule has 1 N–H and O–H groups in total. The van der Waals surface area contributed by atoms with Gasteiger partial charge in [-0.25, -0.2) is 14.0 Å². The van der Waals surface area contributed by atoms with Crippen molar-refractivity contribution in [3.63, 3.8) is 0 Å². The number of dihydropyridines is 1. The third-order valence-corrected chi connectivity index (χ3v) is 4.81. The van der Waals surface area contributed by atoms with Crippen LogP contribution in [0.3, 0.4) is 0 Å². The van der Waals surface area contributed by atoms with Crippen molar-refractivity contribution in [2.75, 3.05) is 20.3 Å². The Balaban J connectivity index is 2.86. The monoisotopic (exact) mass is 473 g/mol. The van der Waals surface area contributed by atoms with Gasteiger partial charge in [0.15, 0.2) is 0 Å². The van der Waals surface area contributed by atoms with Gasteiger partial charge in [-0.15, -0.1) is 0 Å². The van der Waals surface area contributed by atoms with E-state index in [1.807, 2.05) is 0 Å². The van der Waals surface area contributed by atoms with Crippen molar-refractivity contribution < 1.29 is 46.2 Å². The molecule has 180 valence electrons. The molecule has 0 saturated carbocycles. The Bertz CT molecular complexity index is 1010. The number of ether oxygens (including phenoxy) is 3. The van der Waals surface area contributed by atoms with E-state index < -0.39 is 54.4 Å². The normalized spacial score (nSPS) is 16.3. The van der Waals surface area contributed by atoms with E-state index in [-0.39, 0.29) is 34.7 Å². The van der Waals surface area contributed by atoms with Crippen LogP contribution in [0.25, 0.3) is 0 Å². The number of halogens is 4. The van der Waals surface area contributed by atoms with Crippen molar-refractivity contribution in [1.82, 2.24) is 5.32 Å². The first-order chi connectivity index (χ1) is 15.4. The van der Waals surface area contributed by atoms with Crippen LogP contribution in [0.1, 0.15) is 37.8 Å². The Hall–Kier alpha value is -3.37. The van der Waals surface area contributed by atoms with Gasteiger partial charge in [0.1, 0.15) is 12.4 Å². The molecule has 0 bridgehead atoms. The molecule has 1 unspecified atom stereocenters. The van der Waals surface area contributed by atoms with Gasteiger partial charge in [0.05, 0.1) is 42.9 Å². The molecule has 0 radical (unpaired) electrons. The zero-order valence-corrected chi connectivity index (χ0v) is 18.4. The van der Waals surface area contributed by atoms with Gasteiger partial charge in [-0.05, 0) is 25.5 Å². The largest absolute Gasteiger partial charge is 0.466 e. The average Bonchev–Trinajstić information content (AvgIpc) is 2.71. The van der Waals surface area contributed by atoms with Crippen LogP contribution in [0.2, 0.25) is 0 Å². The lowest BCUT2D eigenvalue weighted by Crippen LogP contribution is -2.35. The molecule has 0 spiro atoms. The van der Waals surface area contributed by atoms with Crippen LogP contribution >= 0.6 is 0 Å². The quantitative estimate of drug-likeness (QED) is 0.369. The second-order valence-electron chi connectivity index (χ2n) is 7.08. The summed E-state index contributed by atoms with van der Waals surface area (Å²) in [5.41, 5.74) is -1.39. The lowest BCUT2D eigenvalue weighted by molar-refractivity contribution is -0.142. The third kappa shape index (κ3) is 6.11. The van der Waals surface area contributed by atoms with Gasteiger partial charge in [0, 0.05) is 18.2 Å². The van der Waals surface area contributed by atoms with Crippen LogP contribution in [-0.2, 0) is 35.0 Å². The van der Waals surface area contributed by atoms with Gasteiger partial charge in [0.25, 0.3) is 0 Å². The number of benzene rings is 1. The van der Waals surface area contributed by atoms with Gasteiger partial charge in [-0.1, -0.05) is 12.1 Å².